The van der Waals surface area contributed by atoms with E-state index in [2.05, 4.69) is 20.8 Å². The van der Waals surface area contributed by atoms with Crippen LogP contribution in [-0.2, 0) is 9.53 Å². The number of hydrogen-bond donors (Lipinski definition) is 1. The molecule has 0 saturated heterocycles. The van der Waals surface area contributed by atoms with E-state index in [4.69, 9.17) is 4.74 Å². The van der Waals surface area contributed by atoms with E-state index in [9.17, 15) is 9.90 Å². The molecular formula is C12H22O3. The van der Waals surface area contributed by atoms with Crippen LogP contribution in [0.4, 0.5) is 0 Å². The summed E-state index contributed by atoms with van der Waals surface area (Å²) in [5, 5.41) is 10.5. The van der Waals surface area contributed by atoms with Gasteiger partial charge in [-0.2, -0.15) is 0 Å². The predicted molar refractivity (Wildman–Crippen MR) is 58.4 cm³/mol. The van der Waals surface area contributed by atoms with Gasteiger partial charge >= 0.3 is 5.97 Å². The maximum atomic E-state index is 11.7. The summed E-state index contributed by atoms with van der Waals surface area (Å²) in [4.78, 5) is 11.7. The Kier molecular flexibility index (Phi) is 3.44. The van der Waals surface area contributed by atoms with Gasteiger partial charge in [0.15, 0.2) is 5.60 Å². The van der Waals surface area contributed by atoms with Crippen LogP contribution < -0.4 is 0 Å². The number of esters is 1. The molecule has 0 spiro atoms. The van der Waals surface area contributed by atoms with Gasteiger partial charge in [0.25, 0.3) is 0 Å². The summed E-state index contributed by atoms with van der Waals surface area (Å²) in [6.45, 7) is 6.20. The molecule has 0 amide bonds. The number of hydrogen-bond acceptors (Lipinski definition) is 3. The molecule has 0 aliphatic heterocycles. The molecule has 88 valence electrons. The molecule has 0 aromatic heterocycles. The zero-order valence-corrected chi connectivity index (χ0v) is 10.2. The monoisotopic (exact) mass is 214 g/mol. The second kappa shape index (κ2) is 4.12. The highest BCUT2D eigenvalue weighted by atomic mass is 16.5. The highest BCUT2D eigenvalue weighted by molar-refractivity contribution is 5.79. The molecule has 0 radical (unpaired) electrons. The van der Waals surface area contributed by atoms with Gasteiger partial charge in [0.05, 0.1) is 7.11 Å². The second-order valence-electron chi connectivity index (χ2n) is 5.58. The number of rotatable bonds is 1. The van der Waals surface area contributed by atoms with E-state index in [1.165, 1.54) is 7.11 Å². The van der Waals surface area contributed by atoms with Crippen LogP contribution in [0.5, 0.6) is 0 Å². The predicted octanol–water partition coefficient (Wildman–Crippen LogP) is 2.13. The van der Waals surface area contributed by atoms with Gasteiger partial charge in [-0.3, -0.25) is 0 Å². The summed E-state index contributed by atoms with van der Waals surface area (Å²) < 4.78 is 4.73. The Labute approximate surface area is 91.8 Å². The molecule has 1 N–H and O–H groups in total. The van der Waals surface area contributed by atoms with E-state index in [1.54, 1.807) is 0 Å². The molecule has 0 heterocycles. The molecule has 3 heteroatoms. The number of aliphatic hydroxyl groups is 1. The molecule has 2 atom stereocenters. The lowest BCUT2D eigenvalue weighted by molar-refractivity contribution is -0.179. The molecule has 1 fully saturated rings. The Morgan fingerprint density at radius 3 is 2.47 bits per heavy atom. The highest BCUT2D eigenvalue weighted by Gasteiger charge is 2.50. The molecule has 2 unspecified atom stereocenters. The van der Waals surface area contributed by atoms with Crippen LogP contribution in [0, 0.1) is 11.3 Å². The first kappa shape index (κ1) is 12.5. The van der Waals surface area contributed by atoms with E-state index < -0.39 is 11.6 Å². The largest absolute Gasteiger partial charge is 0.467 e. The molecule has 0 aromatic carbocycles. The van der Waals surface area contributed by atoms with Gasteiger partial charge < -0.3 is 9.84 Å². The van der Waals surface area contributed by atoms with Crippen molar-refractivity contribution in [3.05, 3.63) is 0 Å². The molecule has 3 nitrogen and oxygen atoms in total. The average Bonchev–Trinajstić information content (AvgIpc) is 2.15. The maximum absolute atomic E-state index is 11.7. The fourth-order valence-corrected chi connectivity index (χ4v) is 2.73. The normalized spacial score (nSPS) is 32.5. The Morgan fingerprint density at radius 1 is 1.40 bits per heavy atom. The lowest BCUT2D eigenvalue weighted by Gasteiger charge is -2.44. The van der Waals surface area contributed by atoms with Crippen LogP contribution >= 0.6 is 0 Å². The second-order valence-corrected chi connectivity index (χ2v) is 5.58. The van der Waals surface area contributed by atoms with Crippen molar-refractivity contribution in [3.63, 3.8) is 0 Å². The number of carbonyl (C=O) groups is 1. The van der Waals surface area contributed by atoms with Gasteiger partial charge in [-0.05, 0) is 24.7 Å². The van der Waals surface area contributed by atoms with E-state index in [-0.39, 0.29) is 11.3 Å². The summed E-state index contributed by atoms with van der Waals surface area (Å²) in [7, 11) is 1.34. The summed E-state index contributed by atoms with van der Waals surface area (Å²) in [6.07, 6.45) is 3.41. The molecular weight excluding hydrogens is 192 g/mol. The van der Waals surface area contributed by atoms with Gasteiger partial charge in [0, 0.05) is 5.92 Å². The molecule has 1 aliphatic carbocycles. The first-order chi connectivity index (χ1) is 6.82. The van der Waals surface area contributed by atoms with Gasteiger partial charge in [-0.25, -0.2) is 4.79 Å². The zero-order chi connectivity index (χ0) is 11.7. The zero-order valence-electron chi connectivity index (χ0n) is 10.2. The van der Waals surface area contributed by atoms with Crippen molar-refractivity contribution in [3.8, 4) is 0 Å². The smallest absolute Gasteiger partial charge is 0.338 e. The molecule has 0 aromatic rings. The Morgan fingerprint density at radius 2 is 2.00 bits per heavy atom. The van der Waals surface area contributed by atoms with Crippen LogP contribution in [0.3, 0.4) is 0 Å². The van der Waals surface area contributed by atoms with Crippen molar-refractivity contribution in [2.24, 2.45) is 11.3 Å². The first-order valence-corrected chi connectivity index (χ1v) is 5.63. The van der Waals surface area contributed by atoms with Gasteiger partial charge in [-0.15, -0.1) is 0 Å². The molecule has 1 saturated carbocycles. The van der Waals surface area contributed by atoms with Crippen molar-refractivity contribution in [1.82, 2.24) is 0 Å². The molecule has 0 bridgehead atoms. The number of methoxy groups -OCH3 is 1. The molecule has 1 rings (SSSR count). The van der Waals surface area contributed by atoms with Crippen LogP contribution in [0.2, 0.25) is 0 Å². The third-order valence-electron chi connectivity index (χ3n) is 3.46. The topological polar surface area (TPSA) is 46.5 Å². The van der Waals surface area contributed by atoms with Crippen molar-refractivity contribution < 1.29 is 14.6 Å². The lowest BCUT2D eigenvalue weighted by Crippen LogP contribution is -2.53. The van der Waals surface area contributed by atoms with Crippen molar-refractivity contribution >= 4 is 5.97 Å². The van der Waals surface area contributed by atoms with E-state index in [0.29, 0.717) is 6.42 Å². The minimum Gasteiger partial charge on any atom is -0.467 e. The minimum absolute atomic E-state index is 0.00815. The first-order valence-electron chi connectivity index (χ1n) is 5.63. The van der Waals surface area contributed by atoms with Gasteiger partial charge in [0.1, 0.15) is 0 Å². The molecule has 15 heavy (non-hydrogen) atoms. The maximum Gasteiger partial charge on any atom is 0.338 e. The van der Waals surface area contributed by atoms with Crippen molar-refractivity contribution in [2.45, 2.75) is 52.1 Å². The number of carbonyl (C=O) groups excluding carboxylic acids is 1. The minimum atomic E-state index is -1.27. The quantitative estimate of drug-likeness (QED) is 0.680. The summed E-state index contributed by atoms with van der Waals surface area (Å²) in [5.74, 6) is -0.478. The van der Waals surface area contributed by atoms with Gasteiger partial charge in [-0.1, -0.05) is 27.2 Å². The fraction of sp³-hybridized carbons (Fsp3) is 0.917. The van der Waals surface area contributed by atoms with Crippen LogP contribution in [0.1, 0.15) is 46.5 Å². The van der Waals surface area contributed by atoms with E-state index in [1.807, 2.05) is 0 Å². The lowest BCUT2D eigenvalue weighted by atomic mass is 9.64. The third kappa shape index (κ3) is 2.33. The highest BCUT2D eigenvalue weighted by Crippen LogP contribution is 2.44. The van der Waals surface area contributed by atoms with Crippen molar-refractivity contribution in [1.29, 1.82) is 0 Å². The summed E-state index contributed by atoms with van der Waals surface area (Å²) in [6, 6.07) is 0. The molecule has 1 aliphatic rings. The van der Waals surface area contributed by atoms with Crippen molar-refractivity contribution in [2.75, 3.05) is 7.11 Å². The summed E-state index contributed by atoms with van der Waals surface area (Å²) in [5.41, 5.74) is -1.34. The van der Waals surface area contributed by atoms with Crippen LogP contribution in [0.15, 0.2) is 0 Å². The van der Waals surface area contributed by atoms with E-state index >= 15 is 0 Å². The summed E-state index contributed by atoms with van der Waals surface area (Å²) >= 11 is 0. The fourth-order valence-electron chi connectivity index (χ4n) is 2.73. The Bertz CT molecular complexity index is 242. The Hall–Kier alpha value is -0.570. The van der Waals surface area contributed by atoms with Crippen LogP contribution in [-0.4, -0.2) is 23.8 Å². The standard InChI is InChI=1S/C12H22O3/c1-11(2,3)9-7-5-6-8-12(9,14)10(13)15-4/h9,14H,5-8H2,1-4H3. The van der Waals surface area contributed by atoms with Crippen LogP contribution in [0.25, 0.3) is 0 Å². The number of ether oxygens (including phenoxy) is 1. The Balaban J connectivity index is 2.96. The van der Waals surface area contributed by atoms with E-state index in [0.717, 1.165) is 19.3 Å². The average molecular weight is 214 g/mol. The third-order valence-corrected chi connectivity index (χ3v) is 3.46. The van der Waals surface area contributed by atoms with Gasteiger partial charge in [0.2, 0.25) is 0 Å². The SMILES string of the molecule is COC(=O)C1(O)CCCCC1C(C)(C)C.